The van der Waals surface area contributed by atoms with Crippen LogP contribution >= 0.6 is 0 Å². The van der Waals surface area contributed by atoms with Crippen LogP contribution in [0, 0.1) is 0 Å². The second kappa shape index (κ2) is 8.66. The summed E-state index contributed by atoms with van der Waals surface area (Å²) in [6, 6.07) is 3.45. The number of nitrogens with zero attached hydrogens (tertiary/aromatic N) is 8. The lowest BCUT2D eigenvalue weighted by atomic mass is 10.2. The summed E-state index contributed by atoms with van der Waals surface area (Å²) in [6.07, 6.45) is 4.53. The molecule has 5 aliphatic heterocycles. The van der Waals surface area contributed by atoms with Crippen LogP contribution in [0.2, 0.25) is 0 Å². The Kier molecular flexibility index (Phi) is 5.46. The molecule has 6 rings (SSSR count). The van der Waals surface area contributed by atoms with Gasteiger partial charge in [-0.25, -0.2) is 35.6 Å². The van der Waals surface area contributed by atoms with Crippen LogP contribution in [0.5, 0.6) is 0 Å². The zero-order valence-electron chi connectivity index (χ0n) is 19.7. The number of carbonyl (C=O) groups excluding carboxylic acids is 2. The fourth-order valence-corrected chi connectivity index (χ4v) is 5.33. The first-order valence-electron chi connectivity index (χ1n) is 12.1. The molecule has 0 bridgehead atoms. The summed E-state index contributed by atoms with van der Waals surface area (Å²) >= 11 is 0. The standard InChI is InChI=1S/C22H30N10O3/c1-27-22(34)30(12-9-28-7-10-29(11-8-28)20(33)15-4-2-6-24-15)21-26-19-18(32(21)27)17(25-14-31(19)23)16-5-3-13-35-16/h3,5,13-15,21,24H,2,4,6-12,23H2,1H3/t15-,21?/m0/s1. The number of furan rings is 1. The number of amides is 3. The molecule has 0 spiro atoms. The van der Waals surface area contributed by atoms with Gasteiger partial charge in [0.05, 0.1) is 12.3 Å². The molecule has 6 heterocycles. The summed E-state index contributed by atoms with van der Waals surface area (Å²) in [5.41, 5.74) is 1.22. The monoisotopic (exact) mass is 482 g/mol. The number of piperazine rings is 1. The van der Waals surface area contributed by atoms with Crippen LogP contribution in [-0.4, -0.2) is 119 Å². The zero-order valence-corrected chi connectivity index (χ0v) is 19.7. The molecule has 186 valence electrons. The Morgan fingerprint density at radius 2 is 2.09 bits per heavy atom. The van der Waals surface area contributed by atoms with E-state index in [9.17, 15) is 9.59 Å². The first-order chi connectivity index (χ1) is 17.0. The Morgan fingerprint density at radius 1 is 1.26 bits per heavy atom. The van der Waals surface area contributed by atoms with Crippen molar-refractivity contribution >= 4 is 29.8 Å². The molecule has 35 heavy (non-hydrogen) atoms. The van der Waals surface area contributed by atoms with E-state index in [1.54, 1.807) is 29.3 Å². The normalized spacial score (nSPS) is 26.7. The van der Waals surface area contributed by atoms with E-state index in [1.165, 1.54) is 11.3 Å². The number of nitrogens with one attached hydrogen (secondary N) is 1. The zero-order chi connectivity index (χ0) is 24.1. The third kappa shape index (κ3) is 3.66. The van der Waals surface area contributed by atoms with Gasteiger partial charge in [-0.05, 0) is 31.5 Å². The minimum Gasteiger partial charge on any atom is -0.463 e. The summed E-state index contributed by atoms with van der Waals surface area (Å²) < 4.78 is 5.57. The van der Waals surface area contributed by atoms with E-state index in [-0.39, 0.29) is 18.0 Å². The van der Waals surface area contributed by atoms with Crippen molar-refractivity contribution in [2.75, 3.05) is 52.9 Å². The molecule has 0 radical (unpaired) electrons. The van der Waals surface area contributed by atoms with E-state index in [0.717, 1.165) is 32.5 Å². The summed E-state index contributed by atoms with van der Waals surface area (Å²) in [5.74, 6) is 7.46. The van der Waals surface area contributed by atoms with Crippen molar-refractivity contribution in [2.45, 2.75) is 25.2 Å². The van der Waals surface area contributed by atoms with Crippen LogP contribution in [-0.2, 0) is 4.79 Å². The predicted octanol–water partition coefficient (Wildman–Crippen LogP) is -0.658. The molecule has 2 atom stereocenters. The van der Waals surface area contributed by atoms with E-state index >= 15 is 0 Å². The maximum Gasteiger partial charge on any atom is 0.341 e. The average Bonchev–Trinajstić information content (AvgIpc) is 3.67. The second-order valence-electron chi connectivity index (χ2n) is 9.29. The lowest BCUT2D eigenvalue weighted by Gasteiger charge is -2.36. The molecule has 5 aliphatic rings. The van der Waals surface area contributed by atoms with Gasteiger partial charge in [0.15, 0.2) is 11.6 Å². The van der Waals surface area contributed by atoms with Gasteiger partial charge in [0.2, 0.25) is 12.2 Å². The van der Waals surface area contributed by atoms with Gasteiger partial charge >= 0.3 is 6.03 Å². The number of rotatable bonds is 5. The maximum atomic E-state index is 13.2. The Balaban J connectivity index is 1.13. The van der Waals surface area contributed by atoms with E-state index in [2.05, 4.69) is 15.2 Å². The van der Waals surface area contributed by atoms with Gasteiger partial charge in [0, 0.05) is 46.3 Å². The van der Waals surface area contributed by atoms with Crippen molar-refractivity contribution in [3.63, 3.8) is 0 Å². The van der Waals surface area contributed by atoms with Gasteiger partial charge in [-0.15, -0.1) is 0 Å². The molecular formula is C22H30N10O3. The highest BCUT2D eigenvalue weighted by atomic mass is 16.3. The van der Waals surface area contributed by atoms with Gasteiger partial charge in [-0.1, -0.05) is 0 Å². The fourth-order valence-electron chi connectivity index (χ4n) is 5.33. The second-order valence-corrected chi connectivity index (χ2v) is 9.29. The highest BCUT2D eigenvalue weighted by Gasteiger charge is 2.51. The lowest BCUT2D eigenvalue weighted by molar-refractivity contribution is -0.134. The number of hydrogen-bond acceptors (Lipinski definition) is 10. The van der Waals surface area contributed by atoms with Crippen molar-refractivity contribution < 1.29 is 14.0 Å². The SMILES string of the molecule is CN1C(=O)N(CCN2CCN(C(=O)[C@@H]3CCCN3)CC2)C2N=C3C(=C(c4ccco4)N=CN3N)N21. The summed E-state index contributed by atoms with van der Waals surface area (Å²) in [4.78, 5) is 41.1. The number of nitrogens with two attached hydrogens (primary N) is 1. The quantitative estimate of drug-likeness (QED) is 0.530. The number of carbonyl (C=O) groups is 2. The lowest BCUT2D eigenvalue weighted by Crippen LogP contribution is -2.54. The molecule has 0 aromatic carbocycles. The number of amidine groups is 1. The van der Waals surface area contributed by atoms with E-state index < -0.39 is 6.29 Å². The Morgan fingerprint density at radius 3 is 2.80 bits per heavy atom. The van der Waals surface area contributed by atoms with Crippen molar-refractivity contribution in [3.8, 4) is 0 Å². The number of hydrogen-bond donors (Lipinski definition) is 2. The minimum atomic E-state index is -0.536. The molecule has 1 aromatic rings. The molecule has 13 heteroatoms. The largest absolute Gasteiger partial charge is 0.463 e. The molecule has 13 nitrogen and oxygen atoms in total. The summed E-state index contributed by atoms with van der Waals surface area (Å²) in [7, 11) is 1.72. The van der Waals surface area contributed by atoms with E-state index in [1.807, 2.05) is 16.0 Å². The van der Waals surface area contributed by atoms with Crippen molar-refractivity contribution in [2.24, 2.45) is 15.8 Å². The van der Waals surface area contributed by atoms with Gasteiger partial charge < -0.3 is 14.6 Å². The number of hydrazine groups is 2. The topological polar surface area (TPSA) is 129 Å². The molecule has 0 saturated carbocycles. The maximum absolute atomic E-state index is 13.2. The Hall–Kier alpha value is -3.42. The van der Waals surface area contributed by atoms with Gasteiger partial charge in [0.1, 0.15) is 17.7 Å². The predicted molar refractivity (Wildman–Crippen MR) is 127 cm³/mol. The van der Waals surface area contributed by atoms with Gasteiger partial charge in [-0.3, -0.25) is 14.6 Å². The van der Waals surface area contributed by atoms with Crippen LogP contribution in [0.15, 0.2) is 38.5 Å². The Bertz CT molecular complexity index is 1080. The first kappa shape index (κ1) is 22.1. The number of aliphatic imine (C=N–C) groups is 2. The molecule has 1 unspecified atom stereocenters. The fraction of sp³-hybridized carbons (Fsp3) is 0.545. The Labute approximate surface area is 203 Å². The van der Waals surface area contributed by atoms with E-state index in [4.69, 9.17) is 15.3 Å². The van der Waals surface area contributed by atoms with Crippen molar-refractivity contribution in [3.05, 3.63) is 29.9 Å². The van der Waals surface area contributed by atoms with Crippen molar-refractivity contribution in [1.29, 1.82) is 0 Å². The number of urea groups is 1. The van der Waals surface area contributed by atoms with Crippen LogP contribution in [0.4, 0.5) is 4.79 Å². The van der Waals surface area contributed by atoms with Crippen LogP contribution < -0.4 is 11.2 Å². The summed E-state index contributed by atoms with van der Waals surface area (Å²) in [5, 5.41) is 8.03. The molecule has 1 aromatic heterocycles. The molecule has 0 aliphatic carbocycles. The third-order valence-electron chi connectivity index (χ3n) is 7.26. The minimum absolute atomic E-state index is 0.0261. The average molecular weight is 483 g/mol. The third-order valence-corrected chi connectivity index (χ3v) is 7.26. The summed E-state index contributed by atoms with van der Waals surface area (Å²) in [6.45, 7) is 5.13. The van der Waals surface area contributed by atoms with Gasteiger partial charge in [-0.2, -0.15) is 0 Å². The molecule has 3 N–H and O–H groups in total. The molecule has 3 amide bonds. The molecular weight excluding hydrogens is 452 g/mol. The number of fused-ring (bicyclic) bond motifs is 3. The van der Waals surface area contributed by atoms with Crippen LogP contribution in [0.25, 0.3) is 5.70 Å². The highest BCUT2D eigenvalue weighted by molar-refractivity contribution is 6.12. The van der Waals surface area contributed by atoms with Crippen molar-refractivity contribution in [1.82, 2.24) is 35.0 Å². The smallest absolute Gasteiger partial charge is 0.341 e. The van der Waals surface area contributed by atoms with E-state index in [0.29, 0.717) is 49.2 Å². The molecule has 3 fully saturated rings. The van der Waals surface area contributed by atoms with Crippen LogP contribution in [0.1, 0.15) is 18.6 Å². The highest BCUT2D eigenvalue weighted by Crippen LogP contribution is 2.38. The molecule has 3 saturated heterocycles. The first-order valence-corrected chi connectivity index (χ1v) is 12.1. The van der Waals surface area contributed by atoms with Crippen LogP contribution in [0.3, 0.4) is 0 Å². The van der Waals surface area contributed by atoms with Gasteiger partial charge in [0.25, 0.3) is 0 Å².